The number of alkyl carbamates (subject to hydrolysis) is 1. The minimum absolute atomic E-state index is 0.0643. The molecular weight excluding hydrogens is 394 g/mol. The van der Waals surface area contributed by atoms with Gasteiger partial charge >= 0.3 is 6.09 Å². The van der Waals surface area contributed by atoms with Crippen LogP contribution in [0.5, 0.6) is 0 Å². The number of hydrogen-bond acceptors (Lipinski definition) is 5. The Labute approximate surface area is 175 Å². The fraction of sp³-hybridized carbons (Fsp3) is 0.550. The van der Waals surface area contributed by atoms with E-state index < -0.39 is 11.7 Å². The third-order valence-corrected chi connectivity index (χ3v) is 4.96. The maximum Gasteiger partial charge on any atom is 0.407 e. The summed E-state index contributed by atoms with van der Waals surface area (Å²) in [5, 5.41) is 7.14. The van der Waals surface area contributed by atoms with E-state index >= 15 is 0 Å². The van der Waals surface area contributed by atoms with Gasteiger partial charge in [-0.05, 0) is 33.6 Å². The number of hydrogen-bond donors (Lipinski definition) is 3. The monoisotopic (exact) mass is 421 g/mol. The van der Waals surface area contributed by atoms with Crippen LogP contribution in [-0.2, 0) is 9.53 Å². The highest BCUT2D eigenvalue weighted by molar-refractivity contribution is 6.35. The Hall–Kier alpha value is -2.48. The summed E-state index contributed by atoms with van der Waals surface area (Å²) >= 11 is 6.53. The second-order valence-electron chi connectivity index (χ2n) is 8.21. The lowest BCUT2D eigenvalue weighted by atomic mass is 10.0. The quantitative estimate of drug-likeness (QED) is 0.691. The topological polar surface area (TPSA) is 99.4 Å². The van der Waals surface area contributed by atoms with Crippen LogP contribution >= 0.6 is 11.6 Å². The third kappa shape index (κ3) is 5.12. The van der Waals surface area contributed by atoms with Crippen LogP contribution in [0.1, 0.15) is 47.0 Å². The van der Waals surface area contributed by atoms with Gasteiger partial charge in [0.25, 0.3) is 0 Å². The zero-order valence-electron chi connectivity index (χ0n) is 17.3. The third-order valence-electron chi connectivity index (χ3n) is 4.68. The summed E-state index contributed by atoms with van der Waals surface area (Å²) in [7, 11) is 0. The second-order valence-corrected chi connectivity index (χ2v) is 8.62. The van der Waals surface area contributed by atoms with Crippen molar-refractivity contribution in [3.8, 4) is 0 Å². The zero-order valence-corrected chi connectivity index (χ0v) is 18.0. The number of amides is 2. The largest absolute Gasteiger partial charge is 0.444 e. The molecule has 1 aliphatic heterocycles. The summed E-state index contributed by atoms with van der Waals surface area (Å²) in [4.78, 5) is 33.7. The van der Waals surface area contributed by atoms with Crippen LogP contribution in [0.3, 0.4) is 0 Å². The first-order valence-corrected chi connectivity index (χ1v) is 10.3. The molecule has 0 aromatic carbocycles. The van der Waals surface area contributed by atoms with Crippen LogP contribution in [0.2, 0.25) is 5.02 Å². The molecule has 0 aliphatic carbocycles. The lowest BCUT2D eigenvalue weighted by molar-refractivity contribution is -0.115. The highest BCUT2D eigenvalue weighted by atomic mass is 35.5. The summed E-state index contributed by atoms with van der Waals surface area (Å²) < 4.78 is 5.38. The molecule has 2 aromatic heterocycles. The minimum atomic E-state index is -0.545. The molecule has 0 spiro atoms. The number of anilines is 2. The molecule has 1 atom stereocenters. The normalized spacial score (nSPS) is 17.3. The van der Waals surface area contributed by atoms with E-state index in [9.17, 15) is 9.59 Å². The summed E-state index contributed by atoms with van der Waals surface area (Å²) in [5.74, 6) is -0.0834. The van der Waals surface area contributed by atoms with Crippen molar-refractivity contribution >= 4 is 46.0 Å². The van der Waals surface area contributed by atoms with Gasteiger partial charge in [-0.3, -0.25) is 4.79 Å². The number of pyridine rings is 1. The number of fused-ring (bicyclic) bond motifs is 1. The number of aromatic amines is 1. The van der Waals surface area contributed by atoms with Crippen LogP contribution in [0.4, 0.5) is 16.2 Å². The maximum absolute atomic E-state index is 12.2. The summed E-state index contributed by atoms with van der Waals surface area (Å²) in [5.41, 5.74) is 1.56. The Morgan fingerprint density at radius 2 is 2.17 bits per heavy atom. The minimum Gasteiger partial charge on any atom is -0.444 e. The number of halogens is 1. The van der Waals surface area contributed by atoms with E-state index in [0.717, 1.165) is 30.5 Å². The van der Waals surface area contributed by atoms with Crippen LogP contribution in [0, 0.1) is 0 Å². The van der Waals surface area contributed by atoms with Gasteiger partial charge in [0.2, 0.25) is 5.91 Å². The number of aromatic nitrogens is 2. The van der Waals surface area contributed by atoms with E-state index in [1.807, 2.05) is 20.8 Å². The Bertz CT molecular complexity index is 905. The van der Waals surface area contributed by atoms with Crippen molar-refractivity contribution in [2.24, 2.45) is 0 Å². The average Bonchev–Trinajstić information content (AvgIpc) is 3.02. The smallest absolute Gasteiger partial charge is 0.407 e. The molecule has 1 fully saturated rings. The van der Waals surface area contributed by atoms with Gasteiger partial charge in [-0.15, -0.1) is 0 Å². The first-order chi connectivity index (χ1) is 13.7. The summed E-state index contributed by atoms with van der Waals surface area (Å²) in [6.45, 7) is 8.69. The molecule has 3 heterocycles. The summed E-state index contributed by atoms with van der Waals surface area (Å²) in [6, 6.07) is -0.0643. The predicted molar refractivity (Wildman–Crippen MR) is 115 cm³/mol. The van der Waals surface area contributed by atoms with Crippen molar-refractivity contribution < 1.29 is 14.3 Å². The number of carbonyl (C=O) groups excluding carboxylic acids is 2. The van der Waals surface area contributed by atoms with E-state index in [1.54, 1.807) is 19.3 Å². The number of nitrogens with zero attached hydrogens (tertiary/aromatic N) is 2. The molecule has 8 nitrogen and oxygen atoms in total. The van der Waals surface area contributed by atoms with Crippen molar-refractivity contribution in [2.75, 3.05) is 23.3 Å². The van der Waals surface area contributed by atoms with Gasteiger partial charge in [-0.25, -0.2) is 9.78 Å². The van der Waals surface area contributed by atoms with Gasteiger partial charge in [0, 0.05) is 31.7 Å². The molecule has 0 unspecified atom stereocenters. The Kier molecular flexibility index (Phi) is 6.21. The standard InChI is InChI=1S/C20H28ClN5O3/c1-5-15(27)25-14-10-23-18-16(14)17(13(21)9-22-18)26-8-6-7-12(11-26)24-19(28)29-20(2,3)4/h9-10,12H,5-8,11H2,1-4H3,(H,22,23)(H,24,28)(H,25,27)/t12-/m1/s1. The van der Waals surface area contributed by atoms with Crippen molar-refractivity contribution in [3.63, 3.8) is 0 Å². The molecule has 29 heavy (non-hydrogen) atoms. The lowest BCUT2D eigenvalue weighted by Gasteiger charge is -2.36. The van der Waals surface area contributed by atoms with Gasteiger partial charge in [0.05, 0.1) is 28.0 Å². The number of H-pyrrole nitrogens is 1. The van der Waals surface area contributed by atoms with Crippen molar-refractivity contribution in [2.45, 2.75) is 58.6 Å². The number of nitrogens with one attached hydrogen (secondary N) is 3. The molecular formula is C20H28ClN5O3. The van der Waals surface area contributed by atoms with Crippen molar-refractivity contribution in [1.82, 2.24) is 15.3 Å². The van der Waals surface area contributed by atoms with E-state index in [4.69, 9.17) is 16.3 Å². The van der Waals surface area contributed by atoms with E-state index in [1.165, 1.54) is 0 Å². The fourth-order valence-electron chi connectivity index (χ4n) is 3.47. The van der Waals surface area contributed by atoms with Crippen LogP contribution in [0.25, 0.3) is 11.0 Å². The fourth-order valence-corrected chi connectivity index (χ4v) is 3.74. The van der Waals surface area contributed by atoms with Gasteiger partial charge in [0.1, 0.15) is 11.2 Å². The average molecular weight is 422 g/mol. The SMILES string of the molecule is CCC(=O)Nc1c[nH]c2ncc(Cl)c(N3CCC[C@@H](NC(=O)OC(C)(C)C)C3)c12. The molecule has 3 N–H and O–H groups in total. The van der Waals surface area contributed by atoms with Crippen LogP contribution in [-0.4, -0.2) is 46.7 Å². The summed E-state index contributed by atoms with van der Waals surface area (Å²) in [6.07, 6.45) is 5.03. The van der Waals surface area contributed by atoms with E-state index in [-0.39, 0.29) is 11.9 Å². The Balaban J connectivity index is 1.85. The van der Waals surface area contributed by atoms with Gasteiger partial charge in [0.15, 0.2) is 0 Å². The molecule has 0 radical (unpaired) electrons. The molecule has 1 aliphatic rings. The molecule has 0 bridgehead atoms. The molecule has 1 saturated heterocycles. The van der Waals surface area contributed by atoms with Crippen molar-refractivity contribution in [1.29, 1.82) is 0 Å². The second kappa shape index (κ2) is 8.49. The number of carbonyl (C=O) groups is 2. The zero-order chi connectivity index (χ0) is 21.2. The van der Waals surface area contributed by atoms with E-state index in [0.29, 0.717) is 29.3 Å². The van der Waals surface area contributed by atoms with Crippen LogP contribution in [0.15, 0.2) is 12.4 Å². The van der Waals surface area contributed by atoms with Gasteiger partial charge < -0.3 is 25.3 Å². The molecule has 9 heteroatoms. The molecule has 2 aromatic rings. The Morgan fingerprint density at radius 3 is 2.86 bits per heavy atom. The lowest BCUT2D eigenvalue weighted by Crippen LogP contribution is -2.49. The first-order valence-electron chi connectivity index (χ1n) is 9.88. The number of piperidine rings is 1. The predicted octanol–water partition coefficient (Wildman–Crippen LogP) is 4.06. The number of ether oxygens (including phenoxy) is 1. The van der Waals surface area contributed by atoms with Gasteiger partial charge in [-0.1, -0.05) is 18.5 Å². The number of rotatable bonds is 4. The van der Waals surface area contributed by atoms with Crippen molar-refractivity contribution in [3.05, 3.63) is 17.4 Å². The van der Waals surface area contributed by atoms with Crippen LogP contribution < -0.4 is 15.5 Å². The molecule has 3 rings (SSSR count). The maximum atomic E-state index is 12.2. The van der Waals surface area contributed by atoms with E-state index in [2.05, 4.69) is 25.5 Å². The molecule has 0 saturated carbocycles. The highest BCUT2D eigenvalue weighted by Gasteiger charge is 2.27. The highest BCUT2D eigenvalue weighted by Crippen LogP contribution is 2.38. The Morgan fingerprint density at radius 1 is 1.41 bits per heavy atom. The first kappa shape index (κ1) is 21.2. The molecule has 2 amide bonds. The molecule has 158 valence electrons. The van der Waals surface area contributed by atoms with Gasteiger partial charge in [-0.2, -0.15) is 0 Å².